The second-order valence-corrected chi connectivity index (χ2v) is 2.82. The topological polar surface area (TPSA) is 65.2 Å². The van der Waals surface area contributed by atoms with E-state index in [2.05, 4.69) is 9.72 Å². The first-order valence-electron chi connectivity index (χ1n) is 4.38. The Kier molecular flexibility index (Phi) is 3.70. The van der Waals surface area contributed by atoms with Crippen molar-refractivity contribution in [2.45, 2.75) is 13.3 Å². The lowest BCUT2D eigenvalue weighted by Crippen LogP contribution is -2.11. The van der Waals surface area contributed by atoms with Crippen molar-refractivity contribution >= 4 is 11.7 Å². The summed E-state index contributed by atoms with van der Waals surface area (Å²) < 4.78 is 42.3. The molecule has 1 rings (SSSR count). The molecular weight excluding hydrogens is 225 g/mol. The molecule has 16 heavy (non-hydrogen) atoms. The number of nitrogens with two attached hydrogens (primary N) is 1. The Morgan fingerprint density at radius 3 is 2.75 bits per heavy atom. The highest BCUT2D eigenvalue weighted by Crippen LogP contribution is 2.27. The minimum Gasteiger partial charge on any atom is -0.461 e. The van der Waals surface area contributed by atoms with Gasteiger partial charge in [-0.3, -0.25) is 0 Å². The predicted molar refractivity (Wildman–Crippen MR) is 49.5 cm³/mol. The van der Waals surface area contributed by atoms with Crippen molar-refractivity contribution in [3.63, 3.8) is 0 Å². The number of esters is 1. The first-order chi connectivity index (χ1) is 7.47. The highest BCUT2D eigenvalue weighted by atomic mass is 19.3. The van der Waals surface area contributed by atoms with Crippen LogP contribution in [0.15, 0.2) is 6.07 Å². The average Bonchev–Trinajstić information content (AvgIpc) is 2.21. The van der Waals surface area contributed by atoms with Gasteiger partial charge < -0.3 is 10.5 Å². The smallest absolute Gasteiger partial charge is 0.357 e. The van der Waals surface area contributed by atoms with Crippen LogP contribution in [0.4, 0.5) is 18.9 Å². The number of alkyl halides is 2. The van der Waals surface area contributed by atoms with Crippen LogP contribution < -0.4 is 5.73 Å². The van der Waals surface area contributed by atoms with E-state index in [1.165, 1.54) is 6.92 Å². The minimum atomic E-state index is -2.98. The molecule has 0 saturated heterocycles. The molecule has 1 aromatic rings. The molecule has 1 aromatic heterocycles. The van der Waals surface area contributed by atoms with Gasteiger partial charge in [0.15, 0.2) is 5.69 Å². The number of ether oxygens (including phenoxy) is 1. The van der Waals surface area contributed by atoms with E-state index in [1.54, 1.807) is 0 Å². The van der Waals surface area contributed by atoms with Crippen LogP contribution in [0, 0.1) is 5.95 Å². The van der Waals surface area contributed by atoms with Crippen molar-refractivity contribution in [2.24, 2.45) is 0 Å². The molecular formula is C9H9F3N2O2. The van der Waals surface area contributed by atoms with Crippen molar-refractivity contribution in [1.82, 2.24) is 4.98 Å². The summed E-state index contributed by atoms with van der Waals surface area (Å²) in [5.41, 5.74) is 3.00. The zero-order chi connectivity index (χ0) is 12.3. The van der Waals surface area contributed by atoms with E-state index in [0.717, 1.165) is 6.07 Å². The van der Waals surface area contributed by atoms with Gasteiger partial charge in [-0.1, -0.05) is 0 Å². The van der Waals surface area contributed by atoms with Crippen LogP contribution in [0.2, 0.25) is 0 Å². The maximum absolute atomic E-state index is 13.0. The maximum atomic E-state index is 13.0. The van der Waals surface area contributed by atoms with Gasteiger partial charge in [-0.15, -0.1) is 0 Å². The minimum absolute atomic E-state index is 0.0382. The van der Waals surface area contributed by atoms with E-state index >= 15 is 0 Å². The largest absolute Gasteiger partial charge is 0.461 e. The van der Waals surface area contributed by atoms with Gasteiger partial charge in [0.1, 0.15) is 0 Å². The second kappa shape index (κ2) is 4.82. The van der Waals surface area contributed by atoms with Crippen LogP contribution in [0.25, 0.3) is 0 Å². The van der Waals surface area contributed by atoms with Gasteiger partial charge in [0.2, 0.25) is 5.95 Å². The first-order valence-corrected chi connectivity index (χ1v) is 4.38. The quantitative estimate of drug-likeness (QED) is 0.641. The Hall–Kier alpha value is -1.79. The highest BCUT2D eigenvalue weighted by molar-refractivity contribution is 5.87. The Balaban J connectivity index is 3.18. The van der Waals surface area contributed by atoms with Crippen LogP contribution in [0.5, 0.6) is 0 Å². The van der Waals surface area contributed by atoms with Gasteiger partial charge in [-0.2, -0.15) is 4.39 Å². The number of pyridine rings is 1. The molecule has 0 amide bonds. The molecule has 7 heteroatoms. The second-order valence-electron chi connectivity index (χ2n) is 2.82. The summed E-state index contributed by atoms with van der Waals surface area (Å²) in [6, 6.07) is 0.723. The molecule has 1 heterocycles. The van der Waals surface area contributed by atoms with Gasteiger partial charge in [0.25, 0.3) is 6.43 Å². The zero-order valence-electron chi connectivity index (χ0n) is 8.34. The maximum Gasteiger partial charge on any atom is 0.357 e. The average molecular weight is 234 g/mol. The van der Waals surface area contributed by atoms with Crippen LogP contribution in [0.3, 0.4) is 0 Å². The van der Waals surface area contributed by atoms with Crippen molar-refractivity contribution in [2.75, 3.05) is 12.3 Å². The summed E-state index contributed by atoms with van der Waals surface area (Å²) >= 11 is 0. The fraction of sp³-hybridized carbons (Fsp3) is 0.333. The Morgan fingerprint density at radius 2 is 2.25 bits per heavy atom. The molecule has 0 radical (unpaired) electrons. The molecule has 0 bridgehead atoms. The van der Waals surface area contributed by atoms with E-state index in [1.807, 2.05) is 0 Å². The van der Waals surface area contributed by atoms with Gasteiger partial charge in [-0.05, 0) is 13.0 Å². The lowest BCUT2D eigenvalue weighted by molar-refractivity contribution is 0.0517. The number of nitrogen functional groups attached to an aromatic ring is 1. The third-order valence-corrected chi connectivity index (χ3v) is 1.76. The lowest BCUT2D eigenvalue weighted by atomic mass is 10.2. The van der Waals surface area contributed by atoms with Crippen LogP contribution in [0.1, 0.15) is 29.4 Å². The van der Waals surface area contributed by atoms with Crippen molar-refractivity contribution in [1.29, 1.82) is 0 Å². The molecule has 0 saturated carbocycles. The third-order valence-electron chi connectivity index (χ3n) is 1.76. The van der Waals surface area contributed by atoms with Crippen LogP contribution >= 0.6 is 0 Å². The molecule has 0 atom stereocenters. The fourth-order valence-electron chi connectivity index (χ4n) is 1.03. The fourth-order valence-corrected chi connectivity index (χ4v) is 1.03. The predicted octanol–water partition coefficient (Wildman–Crippen LogP) is 1.92. The number of nitrogens with zero attached hydrogens (tertiary/aromatic N) is 1. The summed E-state index contributed by atoms with van der Waals surface area (Å²) in [5.74, 6) is -2.27. The molecule has 0 aliphatic heterocycles. The number of anilines is 1. The van der Waals surface area contributed by atoms with Crippen molar-refractivity contribution in [3.05, 3.63) is 23.3 Å². The van der Waals surface area contributed by atoms with Gasteiger partial charge in [-0.25, -0.2) is 18.6 Å². The van der Waals surface area contributed by atoms with E-state index in [4.69, 9.17) is 5.73 Å². The first kappa shape index (κ1) is 12.3. The molecule has 4 nitrogen and oxygen atoms in total. The summed E-state index contributed by atoms with van der Waals surface area (Å²) in [6.07, 6.45) is -2.98. The summed E-state index contributed by atoms with van der Waals surface area (Å²) in [6.45, 7) is 1.57. The van der Waals surface area contributed by atoms with E-state index in [-0.39, 0.29) is 6.61 Å². The molecule has 0 aliphatic carbocycles. The van der Waals surface area contributed by atoms with Crippen molar-refractivity contribution in [3.8, 4) is 0 Å². The zero-order valence-corrected chi connectivity index (χ0v) is 8.34. The number of halogens is 3. The SMILES string of the molecule is CCOC(=O)c1cc(C(F)F)c(N)c(F)n1. The Morgan fingerprint density at radius 1 is 1.62 bits per heavy atom. The van der Waals surface area contributed by atoms with Gasteiger partial charge >= 0.3 is 5.97 Å². The van der Waals surface area contributed by atoms with Gasteiger partial charge in [0.05, 0.1) is 12.3 Å². The molecule has 0 aromatic carbocycles. The third kappa shape index (κ3) is 2.41. The van der Waals surface area contributed by atoms with E-state index < -0.39 is 35.3 Å². The number of hydrogen-bond donors (Lipinski definition) is 1. The van der Waals surface area contributed by atoms with Gasteiger partial charge in [0, 0.05) is 5.56 Å². The molecule has 0 aliphatic rings. The lowest BCUT2D eigenvalue weighted by Gasteiger charge is -2.07. The molecule has 0 spiro atoms. The summed E-state index contributed by atoms with van der Waals surface area (Å²) in [5, 5.41) is 0. The summed E-state index contributed by atoms with van der Waals surface area (Å²) in [4.78, 5) is 14.3. The monoisotopic (exact) mass is 234 g/mol. The number of hydrogen-bond acceptors (Lipinski definition) is 4. The standard InChI is InChI=1S/C9H9F3N2O2/c1-2-16-9(15)5-3-4(7(10)11)6(13)8(12)14-5/h3,7H,2,13H2,1H3. The number of carbonyl (C=O) groups is 1. The number of carbonyl (C=O) groups excluding carboxylic acids is 1. The van der Waals surface area contributed by atoms with E-state index in [0.29, 0.717) is 0 Å². The highest BCUT2D eigenvalue weighted by Gasteiger charge is 2.20. The van der Waals surface area contributed by atoms with E-state index in [9.17, 15) is 18.0 Å². The van der Waals surface area contributed by atoms with Crippen LogP contribution in [-0.4, -0.2) is 17.6 Å². The Labute approximate surface area is 89.2 Å². The Bertz CT molecular complexity index is 410. The number of aromatic nitrogens is 1. The molecule has 2 N–H and O–H groups in total. The molecule has 88 valence electrons. The molecule has 0 unspecified atom stereocenters. The number of rotatable bonds is 3. The normalized spacial score (nSPS) is 10.6. The van der Waals surface area contributed by atoms with Crippen molar-refractivity contribution < 1.29 is 22.7 Å². The van der Waals surface area contributed by atoms with Crippen LogP contribution in [-0.2, 0) is 4.74 Å². The molecule has 0 fully saturated rings. The summed E-state index contributed by atoms with van der Waals surface area (Å²) in [7, 11) is 0.